The van der Waals surface area contributed by atoms with Crippen LogP contribution in [0.3, 0.4) is 0 Å². The van der Waals surface area contributed by atoms with Crippen LogP contribution in [0.25, 0.3) is 0 Å². The molecule has 0 bridgehead atoms. The van der Waals surface area contributed by atoms with Crippen molar-refractivity contribution in [2.24, 2.45) is 11.7 Å². The van der Waals surface area contributed by atoms with Gasteiger partial charge in [-0.3, -0.25) is 4.79 Å². The molecule has 1 aromatic rings. The Balaban J connectivity index is 2.14. The number of rotatable bonds is 1. The molecule has 1 saturated heterocycles. The zero-order valence-electron chi connectivity index (χ0n) is 10.8. The molecule has 18 heavy (non-hydrogen) atoms. The van der Waals surface area contributed by atoms with Crippen LogP contribution in [0.4, 0.5) is 0 Å². The molecule has 0 radical (unpaired) electrons. The van der Waals surface area contributed by atoms with Gasteiger partial charge >= 0.3 is 0 Å². The second-order valence-electron chi connectivity index (χ2n) is 5.14. The SMILES string of the molecule is Cc1ccc(C(=O)N2CCC(N)C(C)C2)cc1Br. The van der Waals surface area contributed by atoms with Crippen LogP contribution in [0.15, 0.2) is 22.7 Å². The van der Waals surface area contributed by atoms with Crippen LogP contribution in [-0.4, -0.2) is 29.9 Å². The molecule has 4 heteroatoms. The second kappa shape index (κ2) is 5.41. The standard InChI is InChI=1S/C14H19BrN2O/c1-9-3-4-11(7-12(9)15)14(18)17-6-5-13(16)10(2)8-17/h3-4,7,10,13H,5-6,8,16H2,1-2H3. The van der Waals surface area contributed by atoms with Crippen molar-refractivity contribution in [1.82, 2.24) is 4.90 Å². The number of aryl methyl sites for hydroxylation is 1. The van der Waals surface area contributed by atoms with Crippen LogP contribution >= 0.6 is 15.9 Å². The van der Waals surface area contributed by atoms with Gasteiger partial charge in [-0.25, -0.2) is 0 Å². The van der Waals surface area contributed by atoms with Gasteiger partial charge in [0.1, 0.15) is 0 Å². The number of piperidine rings is 1. The van der Waals surface area contributed by atoms with Gasteiger partial charge in [-0.05, 0) is 37.0 Å². The Hall–Kier alpha value is -0.870. The molecule has 0 spiro atoms. The number of nitrogens with zero attached hydrogens (tertiary/aromatic N) is 1. The Morgan fingerprint density at radius 2 is 2.22 bits per heavy atom. The molecule has 1 aromatic carbocycles. The van der Waals surface area contributed by atoms with E-state index in [2.05, 4.69) is 22.9 Å². The molecule has 2 N–H and O–H groups in total. The summed E-state index contributed by atoms with van der Waals surface area (Å²) < 4.78 is 0.982. The molecule has 1 fully saturated rings. The van der Waals surface area contributed by atoms with Crippen LogP contribution < -0.4 is 5.73 Å². The smallest absolute Gasteiger partial charge is 0.253 e. The maximum atomic E-state index is 12.4. The lowest BCUT2D eigenvalue weighted by molar-refractivity contribution is 0.0664. The molecule has 3 nitrogen and oxygen atoms in total. The number of carbonyl (C=O) groups excluding carboxylic acids is 1. The van der Waals surface area contributed by atoms with Gasteiger partial charge < -0.3 is 10.6 Å². The maximum Gasteiger partial charge on any atom is 0.253 e. The molecular formula is C14H19BrN2O. The average molecular weight is 311 g/mol. The zero-order chi connectivity index (χ0) is 13.3. The molecule has 1 heterocycles. The van der Waals surface area contributed by atoms with E-state index in [-0.39, 0.29) is 11.9 Å². The number of benzene rings is 1. The van der Waals surface area contributed by atoms with Crippen LogP contribution in [0.2, 0.25) is 0 Å². The summed E-state index contributed by atoms with van der Waals surface area (Å²) in [7, 11) is 0. The fourth-order valence-electron chi connectivity index (χ4n) is 2.26. The monoisotopic (exact) mass is 310 g/mol. The molecule has 0 saturated carbocycles. The van der Waals surface area contributed by atoms with E-state index in [4.69, 9.17) is 5.73 Å². The Kier molecular flexibility index (Phi) is 4.07. The summed E-state index contributed by atoms with van der Waals surface area (Å²) in [5, 5.41) is 0. The largest absolute Gasteiger partial charge is 0.338 e. The lowest BCUT2D eigenvalue weighted by atomic mass is 9.94. The van der Waals surface area contributed by atoms with E-state index in [1.165, 1.54) is 0 Å². The van der Waals surface area contributed by atoms with Gasteiger partial charge in [0.15, 0.2) is 0 Å². The highest BCUT2D eigenvalue weighted by atomic mass is 79.9. The quantitative estimate of drug-likeness (QED) is 0.866. The van der Waals surface area contributed by atoms with Crippen molar-refractivity contribution in [2.45, 2.75) is 26.3 Å². The molecule has 0 aromatic heterocycles. The lowest BCUT2D eigenvalue weighted by Gasteiger charge is -2.35. The number of hydrogen-bond acceptors (Lipinski definition) is 2. The summed E-state index contributed by atoms with van der Waals surface area (Å²) in [6.07, 6.45) is 0.889. The van der Waals surface area contributed by atoms with E-state index in [1.54, 1.807) is 0 Å². The predicted molar refractivity (Wildman–Crippen MR) is 76.5 cm³/mol. The van der Waals surface area contributed by atoms with Crippen LogP contribution in [-0.2, 0) is 0 Å². The summed E-state index contributed by atoms with van der Waals surface area (Å²) in [5.74, 6) is 0.478. The van der Waals surface area contributed by atoms with Crippen molar-refractivity contribution in [3.8, 4) is 0 Å². The highest BCUT2D eigenvalue weighted by Gasteiger charge is 2.26. The fourth-order valence-corrected chi connectivity index (χ4v) is 2.64. The topological polar surface area (TPSA) is 46.3 Å². The van der Waals surface area contributed by atoms with E-state index >= 15 is 0 Å². The zero-order valence-corrected chi connectivity index (χ0v) is 12.4. The van der Waals surface area contributed by atoms with Gasteiger partial charge in [-0.15, -0.1) is 0 Å². The summed E-state index contributed by atoms with van der Waals surface area (Å²) in [6, 6.07) is 5.98. The van der Waals surface area contributed by atoms with Gasteiger partial charge in [0.2, 0.25) is 0 Å². The normalized spacial score (nSPS) is 24.1. The first-order valence-electron chi connectivity index (χ1n) is 6.30. The minimum atomic E-state index is 0.106. The number of hydrogen-bond donors (Lipinski definition) is 1. The molecular weight excluding hydrogens is 292 g/mol. The number of amides is 1. The third-order valence-corrected chi connectivity index (χ3v) is 4.53. The molecule has 2 atom stereocenters. The third-order valence-electron chi connectivity index (χ3n) is 3.68. The van der Waals surface area contributed by atoms with E-state index in [1.807, 2.05) is 30.0 Å². The number of nitrogens with two attached hydrogens (primary N) is 1. The van der Waals surface area contributed by atoms with Gasteiger partial charge in [0, 0.05) is 29.2 Å². The van der Waals surface area contributed by atoms with E-state index in [9.17, 15) is 4.79 Å². The van der Waals surface area contributed by atoms with E-state index in [0.717, 1.165) is 35.1 Å². The van der Waals surface area contributed by atoms with Crippen molar-refractivity contribution in [3.63, 3.8) is 0 Å². The van der Waals surface area contributed by atoms with Crippen molar-refractivity contribution in [2.75, 3.05) is 13.1 Å². The average Bonchev–Trinajstić information content (AvgIpc) is 2.35. The second-order valence-corrected chi connectivity index (χ2v) is 6.00. The third kappa shape index (κ3) is 2.75. The summed E-state index contributed by atoms with van der Waals surface area (Å²) in [5.41, 5.74) is 7.86. The van der Waals surface area contributed by atoms with Crippen LogP contribution in [0.5, 0.6) is 0 Å². The molecule has 1 amide bonds. The Labute approximate surface area is 116 Å². The number of carbonyl (C=O) groups is 1. The van der Waals surface area contributed by atoms with Crippen molar-refractivity contribution in [1.29, 1.82) is 0 Å². The predicted octanol–water partition coefficient (Wildman–Crippen LogP) is 2.57. The maximum absolute atomic E-state index is 12.4. The van der Waals surface area contributed by atoms with Crippen LogP contribution in [0.1, 0.15) is 29.3 Å². The van der Waals surface area contributed by atoms with Crippen LogP contribution in [0, 0.1) is 12.8 Å². The van der Waals surface area contributed by atoms with Gasteiger partial charge in [0.25, 0.3) is 5.91 Å². The number of likely N-dealkylation sites (tertiary alicyclic amines) is 1. The molecule has 0 aliphatic carbocycles. The van der Waals surface area contributed by atoms with Crippen molar-refractivity contribution < 1.29 is 4.79 Å². The summed E-state index contributed by atoms with van der Waals surface area (Å²) in [6.45, 7) is 5.64. The Morgan fingerprint density at radius 3 is 2.83 bits per heavy atom. The Morgan fingerprint density at radius 1 is 1.50 bits per heavy atom. The fraction of sp³-hybridized carbons (Fsp3) is 0.500. The summed E-state index contributed by atoms with van der Waals surface area (Å²) >= 11 is 3.47. The highest BCUT2D eigenvalue weighted by Crippen LogP contribution is 2.21. The first kappa shape index (κ1) is 13.6. The van der Waals surface area contributed by atoms with E-state index in [0.29, 0.717) is 5.92 Å². The first-order valence-corrected chi connectivity index (χ1v) is 7.09. The first-order chi connectivity index (χ1) is 8.49. The van der Waals surface area contributed by atoms with Gasteiger partial charge in [-0.2, -0.15) is 0 Å². The molecule has 1 aliphatic rings. The molecule has 2 unspecified atom stereocenters. The minimum absolute atomic E-state index is 0.106. The molecule has 2 rings (SSSR count). The van der Waals surface area contributed by atoms with Crippen molar-refractivity contribution in [3.05, 3.63) is 33.8 Å². The van der Waals surface area contributed by atoms with Gasteiger partial charge in [0.05, 0.1) is 0 Å². The van der Waals surface area contributed by atoms with Gasteiger partial charge in [-0.1, -0.05) is 28.9 Å². The minimum Gasteiger partial charge on any atom is -0.338 e. The lowest BCUT2D eigenvalue weighted by Crippen LogP contribution is -2.48. The highest BCUT2D eigenvalue weighted by molar-refractivity contribution is 9.10. The Bertz CT molecular complexity index is 461. The molecule has 98 valence electrons. The van der Waals surface area contributed by atoms with Crippen molar-refractivity contribution >= 4 is 21.8 Å². The van der Waals surface area contributed by atoms with E-state index < -0.39 is 0 Å². The number of halogens is 1. The summed E-state index contributed by atoms with van der Waals surface area (Å²) in [4.78, 5) is 14.3. The molecule has 1 aliphatic heterocycles.